The molecule has 1 aromatic carbocycles. The Labute approximate surface area is 115 Å². The summed E-state index contributed by atoms with van der Waals surface area (Å²) in [5.41, 5.74) is 6.93. The molecule has 4 heteroatoms. The van der Waals surface area contributed by atoms with E-state index in [1.54, 1.807) is 0 Å². The van der Waals surface area contributed by atoms with Crippen molar-refractivity contribution in [3.8, 4) is 0 Å². The summed E-state index contributed by atoms with van der Waals surface area (Å²) in [7, 11) is 0. The van der Waals surface area contributed by atoms with Gasteiger partial charge in [0.25, 0.3) is 0 Å². The zero-order valence-electron chi connectivity index (χ0n) is 11.7. The van der Waals surface area contributed by atoms with Gasteiger partial charge in [0.2, 0.25) is 0 Å². The van der Waals surface area contributed by atoms with Crippen molar-refractivity contribution in [2.75, 3.05) is 26.2 Å². The highest BCUT2D eigenvalue weighted by atomic mass is 16.5. The Kier molecular flexibility index (Phi) is 4.58. The van der Waals surface area contributed by atoms with E-state index < -0.39 is 0 Å². The van der Waals surface area contributed by atoms with Gasteiger partial charge in [-0.05, 0) is 19.4 Å². The average molecular weight is 264 g/mol. The first-order valence-corrected chi connectivity index (χ1v) is 6.83. The lowest BCUT2D eigenvalue weighted by atomic mass is 9.99. The number of nitrogens with zero attached hydrogens (tertiary/aromatic N) is 1. The Morgan fingerprint density at radius 2 is 2.11 bits per heavy atom. The minimum Gasteiger partial charge on any atom is -0.394 e. The monoisotopic (exact) mass is 264 g/mol. The molecule has 0 saturated carbocycles. The van der Waals surface area contributed by atoms with Crippen LogP contribution in [0.4, 0.5) is 0 Å². The number of hydrogen-bond donors (Lipinski definition) is 2. The lowest BCUT2D eigenvalue weighted by molar-refractivity contribution is -0.156. The van der Waals surface area contributed by atoms with Crippen molar-refractivity contribution >= 4 is 0 Å². The zero-order valence-corrected chi connectivity index (χ0v) is 11.7. The number of aliphatic hydroxyl groups is 1. The Morgan fingerprint density at radius 1 is 1.42 bits per heavy atom. The highest BCUT2D eigenvalue weighted by molar-refractivity contribution is 5.19. The second-order valence-electron chi connectivity index (χ2n) is 5.77. The quantitative estimate of drug-likeness (QED) is 0.857. The van der Waals surface area contributed by atoms with Crippen LogP contribution in [0.3, 0.4) is 0 Å². The summed E-state index contributed by atoms with van der Waals surface area (Å²) in [4.78, 5) is 2.32. The van der Waals surface area contributed by atoms with Crippen LogP contribution in [-0.2, 0) is 4.74 Å². The lowest BCUT2D eigenvalue weighted by Crippen LogP contribution is -2.55. The van der Waals surface area contributed by atoms with Crippen molar-refractivity contribution in [2.45, 2.75) is 31.6 Å². The molecule has 1 aliphatic rings. The molecule has 1 aromatic rings. The standard InChI is InChI=1S/C15H24N2O2/c1-15(2)11-17(9-13(10-18)19-15)14(8-16)12-6-4-3-5-7-12/h3-7,13-14,18H,8-11,16H2,1-2H3. The van der Waals surface area contributed by atoms with Crippen LogP contribution in [0.15, 0.2) is 30.3 Å². The Morgan fingerprint density at radius 3 is 2.68 bits per heavy atom. The number of nitrogens with two attached hydrogens (primary N) is 1. The van der Waals surface area contributed by atoms with E-state index in [4.69, 9.17) is 10.5 Å². The molecule has 0 spiro atoms. The third-order valence-corrected chi connectivity index (χ3v) is 3.56. The first-order valence-electron chi connectivity index (χ1n) is 6.83. The van der Waals surface area contributed by atoms with E-state index in [0.29, 0.717) is 6.54 Å². The summed E-state index contributed by atoms with van der Waals surface area (Å²) in [5.74, 6) is 0. The van der Waals surface area contributed by atoms with Crippen molar-refractivity contribution in [2.24, 2.45) is 5.73 Å². The van der Waals surface area contributed by atoms with Crippen LogP contribution in [0.25, 0.3) is 0 Å². The number of hydrogen-bond acceptors (Lipinski definition) is 4. The summed E-state index contributed by atoms with van der Waals surface area (Å²) in [6.07, 6.45) is -0.137. The molecule has 0 aromatic heterocycles. The van der Waals surface area contributed by atoms with Crippen LogP contribution in [0.2, 0.25) is 0 Å². The van der Waals surface area contributed by atoms with Crippen LogP contribution in [-0.4, -0.2) is 48.0 Å². The number of rotatable bonds is 4. The second-order valence-corrected chi connectivity index (χ2v) is 5.77. The molecule has 106 valence electrons. The molecule has 1 saturated heterocycles. The van der Waals surface area contributed by atoms with Gasteiger partial charge in [-0.2, -0.15) is 0 Å². The largest absolute Gasteiger partial charge is 0.394 e. The van der Waals surface area contributed by atoms with Crippen LogP contribution in [0.1, 0.15) is 25.5 Å². The van der Waals surface area contributed by atoms with Crippen molar-refractivity contribution in [3.63, 3.8) is 0 Å². The maximum atomic E-state index is 9.38. The number of aliphatic hydroxyl groups excluding tert-OH is 1. The molecule has 3 N–H and O–H groups in total. The third-order valence-electron chi connectivity index (χ3n) is 3.56. The maximum absolute atomic E-state index is 9.38. The van der Waals surface area contributed by atoms with E-state index in [-0.39, 0.29) is 24.4 Å². The van der Waals surface area contributed by atoms with Crippen molar-refractivity contribution in [3.05, 3.63) is 35.9 Å². The molecule has 19 heavy (non-hydrogen) atoms. The number of ether oxygens (including phenoxy) is 1. The fraction of sp³-hybridized carbons (Fsp3) is 0.600. The summed E-state index contributed by atoms with van der Waals surface area (Å²) in [5, 5.41) is 9.38. The van der Waals surface area contributed by atoms with E-state index in [9.17, 15) is 5.11 Å². The van der Waals surface area contributed by atoms with Gasteiger partial charge >= 0.3 is 0 Å². The highest BCUT2D eigenvalue weighted by Gasteiger charge is 2.36. The summed E-state index contributed by atoms with van der Waals surface area (Å²) in [6, 6.07) is 10.5. The van der Waals surface area contributed by atoms with Gasteiger partial charge in [0, 0.05) is 25.7 Å². The van der Waals surface area contributed by atoms with E-state index in [1.165, 1.54) is 5.56 Å². The van der Waals surface area contributed by atoms with Crippen molar-refractivity contribution in [1.82, 2.24) is 4.90 Å². The van der Waals surface area contributed by atoms with Crippen molar-refractivity contribution in [1.29, 1.82) is 0 Å². The summed E-state index contributed by atoms with van der Waals surface area (Å²) in [6.45, 7) is 6.27. The smallest absolute Gasteiger partial charge is 0.0940 e. The van der Waals surface area contributed by atoms with Crippen LogP contribution in [0, 0.1) is 0 Å². The minimum absolute atomic E-state index is 0.0476. The van der Waals surface area contributed by atoms with Gasteiger partial charge in [0.15, 0.2) is 0 Å². The van der Waals surface area contributed by atoms with Gasteiger partial charge in [0.05, 0.1) is 18.3 Å². The predicted molar refractivity (Wildman–Crippen MR) is 75.8 cm³/mol. The SMILES string of the molecule is CC1(C)CN(C(CN)c2ccccc2)CC(CO)O1. The Bertz CT molecular complexity index is 394. The molecule has 1 heterocycles. The first kappa shape index (κ1) is 14.5. The molecular weight excluding hydrogens is 240 g/mol. The normalized spacial score (nSPS) is 25.2. The van der Waals surface area contributed by atoms with E-state index in [0.717, 1.165) is 13.1 Å². The molecule has 2 atom stereocenters. The first-order chi connectivity index (χ1) is 9.05. The average Bonchev–Trinajstić information content (AvgIpc) is 2.39. The van der Waals surface area contributed by atoms with E-state index in [1.807, 2.05) is 18.2 Å². The van der Waals surface area contributed by atoms with Crippen LogP contribution in [0.5, 0.6) is 0 Å². The minimum atomic E-state index is -0.256. The number of morpholine rings is 1. The molecule has 0 bridgehead atoms. The van der Waals surface area contributed by atoms with Gasteiger partial charge in [-0.15, -0.1) is 0 Å². The molecule has 1 fully saturated rings. The third kappa shape index (κ3) is 3.54. The predicted octanol–water partition coefficient (Wildman–Crippen LogP) is 1.16. The fourth-order valence-electron chi connectivity index (χ4n) is 2.84. The summed E-state index contributed by atoms with van der Waals surface area (Å²) >= 11 is 0. The summed E-state index contributed by atoms with van der Waals surface area (Å²) < 4.78 is 5.85. The maximum Gasteiger partial charge on any atom is 0.0940 e. The molecule has 0 radical (unpaired) electrons. The fourth-order valence-corrected chi connectivity index (χ4v) is 2.84. The topological polar surface area (TPSA) is 58.7 Å². The van der Waals surface area contributed by atoms with Crippen molar-refractivity contribution < 1.29 is 9.84 Å². The zero-order chi connectivity index (χ0) is 13.9. The number of benzene rings is 1. The van der Waals surface area contributed by atoms with Crippen LogP contribution >= 0.6 is 0 Å². The van der Waals surface area contributed by atoms with E-state index >= 15 is 0 Å². The lowest BCUT2D eigenvalue weighted by Gasteiger charge is -2.45. The Hall–Kier alpha value is -0.940. The van der Waals surface area contributed by atoms with E-state index in [2.05, 4.69) is 30.9 Å². The molecule has 2 unspecified atom stereocenters. The molecular formula is C15H24N2O2. The molecule has 0 aliphatic carbocycles. The molecule has 2 rings (SSSR count). The van der Waals surface area contributed by atoms with Gasteiger partial charge in [-0.25, -0.2) is 0 Å². The van der Waals surface area contributed by atoms with Gasteiger partial charge in [0.1, 0.15) is 0 Å². The molecule has 4 nitrogen and oxygen atoms in total. The van der Waals surface area contributed by atoms with Gasteiger partial charge < -0.3 is 15.6 Å². The Balaban J connectivity index is 2.18. The van der Waals surface area contributed by atoms with Gasteiger partial charge in [-0.3, -0.25) is 4.90 Å². The second kappa shape index (κ2) is 6.01. The van der Waals surface area contributed by atoms with Crippen LogP contribution < -0.4 is 5.73 Å². The molecule has 1 aliphatic heterocycles. The van der Waals surface area contributed by atoms with Gasteiger partial charge in [-0.1, -0.05) is 30.3 Å². The molecule has 0 amide bonds. The highest BCUT2D eigenvalue weighted by Crippen LogP contribution is 2.28.